The van der Waals surface area contributed by atoms with Crippen LogP contribution in [0.5, 0.6) is 11.7 Å². The molecule has 0 aliphatic heterocycles. The second kappa shape index (κ2) is 7.52. The fraction of sp³-hybridized carbons (Fsp3) is 0.105. The lowest BCUT2D eigenvalue weighted by Crippen LogP contribution is -2.21. The van der Waals surface area contributed by atoms with E-state index in [1.54, 1.807) is 24.3 Å². The predicted molar refractivity (Wildman–Crippen MR) is 94.4 cm³/mol. The average Bonchev–Trinajstić information content (AvgIpc) is 3.01. The minimum Gasteiger partial charge on any atom is -0.508 e. The maximum Gasteiger partial charge on any atom is 0.328 e. The average molecular weight is 352 g/mol. The summed E-state index contributed by atoms with van der Waals surface area (Å²) in [5.41, 5.74) is 1.45. The van der Waals surface area contributed by atoms with Crippen LogP contribution in [0.4, 0.5) is 0 Å². The smallest absolute Gasteiger partial charge is 0.328 e. The van der Waals surface area contributed by atoms with E-state index in [9.17, 15) is 20.1 Å². The fourth-order valence-corrected chi connectivity index (χ4v) is 2.33. The number of phenolic OH excluding ortho intramolecular Hbond substituents is 1. The topological polar surface area (TPSA) is 116 Å². The number of benzene rings is 2. The summed E-state index contributed by atoms with van der Waals surface area (Å²) in [6.07, 6.45) is 1.32. The van der Waals surface area contributed by atoms with Gasteiger partial charge in [-0.2, -0.15) is 0 Å². The predicted octanol–water partition coefficient (Wildman–Crippen LogP) is 2.87. The van der Waals surface area contributed by atoms with Gasteiger partial charge in [-0.25, -0.2) is 9.78 Å². The van der Waals surface area contributed by atoms with Crippen molar-refractivity contribution in [1.82, 2.24) is 4.98 Å². The molecule has 0 saturated carbocycles. The molecule has 0 saturated heterocycles. The van der Waals surface area contributed by atoms with E-state index in [0.29, 0.717) is 11.1 Å². The van der Waals surface area contributed by atoms with Gasteiger partial charge in [0.1, 0.15) is 5.75 Å². The molecular formula is C19H16N2O5. The van der Waals surface area contributed by atoms with E-state index in [1.165, 1.54) is 18.3 Å². The molecule has 7 heteroatoms. The number of oxazole rings is 1. The van der Waals surface area contributed by atoms with Crippen LogP contribution in [0.1, 0.15) is 11.3 Å². The van der Waals surface area contributed by atoms with Crippen molar-refractivity contribution in [3.63, 3.8) is 0 Å². The maximum atomic E-state index is 11.4. The normalized spacial score (nSPS) is 12.3. The molecular weight excluding hydrogens is 336 g/mol. The molecule has 3 N–H and O–H groups in total. The molecule has 0 radical (unpaired) electrons. The maximum absolute atomic E-state index is 11.4. The number of carbonyl (C=O) groups is 1. The largest absolute Gasteiger partial charge is 0.508 e. The lowest BCUT2D eigenvalue weighted by molar-refractivity contribution is -0.138. The molecule has 0 fully saturated rings. The fourth-order valence-electron chi connectivity index (χ4n) is 2.33. The van der Waals surface area contributed by atoms with Gasteiger partial charge in [0.05, 0.1) is 6.21 Å². The van der Waals surface area contributed by atoms with Crippen molar-refractivity contribution in [3.05, 3.63) is 65.9 Å². The van der Waals surface area contributed by atoms with Crippen molar-refractivity contribution >= 4 is 12.2 Å². The van der Waals surface area contributed by atoms with Gasteiger partial charge in [-0.1, -0.05) is 30.3 Å². The first-order valence-electron chi connectivity index (χ1n) is 7.82. The first-order chi connectivity index (χ1) is 12.5. The van der Waals surface area contributed by atoms with Gasteiger partial charge in [0.2, 0.25) is 5.89 Å². The molecule has 0 aliphatic rings. The van der Waals surface area contributed by atoms with Crippen LogP contribution >= 0.6 is 0 Å². The highest BCUT2D eigenvalue weighted by Crippen LogP contribution is 2.25. The number of rotatable bonds is 6. The number of hydrogen-bond donors (Lipinski definition) is 3. The standard InChI is InChI=1S/C19H16N2O5/c22-14-8-6-12(7-9-14)10-15(18(23)24)20-11-16-19(25)26-17(21-16)13-4-2-1-3-5-13/h1-9,11,15,22,25H,10H2,(H,23,24). The Hall–Kier alpha value is -3.61. The van der Waals surface area contributed by atoms with Gasteiger partial charge >= 0.3 is 11.9 Å². The van der Waals surface area contributed by atoms with E-state index in [-0.39, 0.29) is 23.8 Å². The molecule has 2 aromatic carbocycles. The lowest BCUT2D eigenvalue weighted by Gasteiger charge is -2.07. The molecule has 0 bridgehead atoms. The number of carboxylic acid groups (broad SMARTS) is 1. The third kappa shape index (κ3) is 4.07. The van der Waals surface area contributed by atoms with Crippen molar-refractivity contribution in [1.29, 1.82) is 0 Å². The van der Waals surface area contributed by atoms with E-state index in [2.05, 4.69) is 9.98 Å². The number of aromatic nitrogens is 1. The van der Waals surface area contributed by atoms with Gasteiger partial charge in [-0.3, -0.25) is 4.99 Å². The Bertz CT molecular complexity index is 917. The van der Waals surface area contributed by atoms with Crippen molar-refractivity contribution in [3.8, 4) is 23.1 Å². The van der Waals surface area contributed by atoms with Crippen LogP contribution in [0, 0.1) is 0 Å². The number of carboxylic acids is 1. The highest BCUT2D eigenvalue weighted by Gasteiger charge is 2.18. The van der Waals surface area contributed by atoms with Crippen LogP contribution in [-0.2, 0) is 11.2 Å². The number of hydrogen-bond acceptors (Lipinski definition) is 6. The summed E-state index contributed by atoms with van der Waals surface area (Å²) in [5.74, 6) is -1.22. The molecule has 132 valence electrons. The summed E-state index contributed by atoms with van der Waals surface area (Å²) in [6, 6.07) is 14.2. The molecule has 3 rings (SSSR count). The monoisotopic (exact) mass is 352 g/mol. The van der Waals surface area contributed by atoms with Gasteiger partial charge in [0.25, 0.3) is 0 Å². The van der Waals surface area contributed by atoms with Crippen molar-refractivity contribution in [2.45, 2.75) is 12.5 Å². The molecule has 0 amide bonds. The summed E-state index contributed by atoms with van der Waals surface area (Å²) < 4.78 is 5.20. The van der Waals surface area contributed by atoms with Gasteiger partial charge in [0, 0.05) is 12.0 Å². The zero-order valence-corrected chi connectivity index (χ0v) is 13.6. The number of aromatic hydroxyl groups is 2. The number of aliphatic imine (C=N–C) groups is 1. The Morgan fingerprint density at radius 1 is 1.12 bits per heavy atom. The van der Waals surface area contributed by atoms with Crippen LogP contribution in [0.2, 0.25) is 0 Å². The van der Waals surface area contributed by atoms with E-state index in [0.717, 1.165) is 0 Å². The number of phenols is 1. The Labute approximate surface area is 148 Å². The van der Waals surface area contributed by atoms with E-state index in [1.807, 2.05) is 18.2 Å². The number of nitrogens with zero attached hydrogens (tertiary/aromatic N) is 2. The molecule has 1 heterocycles. The first kappa shape index (κ1) is 17.2. The van der Waals surface area contributed by atoms with E-state index < -0.39 is 18.0 Å². The van der Waals surface area contributed by atoms with E-state index in [4.69, 9.17) is 4.42 Å². The lowest BCUT2D eigenvalue weighted by atomic mass is 10.1. The Kier molecular flexibility index (Phi) is 4.98. The highest BCUT2D eigenvalue weighted by molar-refractivity contribution is 5.84. The Morgan fingerprint density at radius 2 is 1.81 bits per heavy atom. The summed E-state index contributed by atoms with van der Waals surface area (Å²) in [4.78, 5) is 19.6. The molecule has 1 unspecified atom stereocenters. The zero-order chi connectivity index (χ0) is 18.5. The second-order valence-electron chi connectivity index (χ2n) is 5.58. The summed E-state index contributed by atoms with van der Waals surface area (Å²) in [5, 5.41) is 28.5. The van der Waals surface area contributed by atoms with Crippen molar-refractivity contribution in [2.24, 2.45) is 4.99 Å². The summed E-state index contributed by atoms with van der Waals surface area (Å²) >= 11 is 0. The third-order valence-corrected chi connectivity index (χ3v) is 3.68. The minimum atomic E-state index is -1.11. The SMILES string of the molecule is O=C(O)C(Cc1ccc(O)cc1)N=Cc1nc(-c2ccccc2)oc1O. The van der Waals surface area contributed by atoms with Gasteiger partial charge < -0.3 is 19.7 Å². The summed E-state index contributed by atoms with van der Waals surface area (Å²) in [7, 11) is 0. The van der Waals surface area contributed by atoms with Gasteiger partial charge in [-0.05, 0) is 29.8 Å². The number of aliphatic carboxylic acids is 1. The molecule has 0 spiro atoms. The Balaban J connectivity index is 1.79. The minimum absolute atomic E-state index is 0.0563. The molecule has 0 aliphatic carbocycles. The summed E-state index contributed by atoms with van der Waals surface area (Å²) in [6.45, 7) is 0. The van der Waals surface area contributed by atoms with Crippen LogP contribution in [0.25, 0.3) is 11.5 Å². The highest BCUT2D eigenvalue weighted by atomic mass is 16.5. The quantitative estimate of drug-likeness (QED) is 0.587. The van der Waals surface area contributed by atoms with Gasteiger partial charge in [0.15, 0.2) is 11.7 Å². The van der Waals surface area contributed by atoms with Crippen LogP contribution in [0.15, 0.2) is 64.0 Å². The molecule has 1 aromatic heterocycles. The second-order valence-corrected chi connectivity index (χ2v) is 5.58. The molecule has 3 aromatic rings. The van der Waals surface area contributed by atoms with Crippen LogP contribution < -0.4 is 0 Å². The molecule has 26 heavy (non-hydrogen) atoms. The van der Waals surface area contributed by atoms with E-state index >= 15 is 0 Å². The van der Waals surface area contributed by atoms with Crippen LogP contribution in [-0.4, -0.2) is 38.5 Å². The van der Waals surface area contributed by atoms with Crippen molar-refractivity contribution < 1.29 is 24.5 Å². The van der Waals surface area contributed by atoms with Gasteiger partial charge in [-0.15, -0.1) is 0 Å². The Morgan fingerprint density at radius 3 is 2.46 bits per heavy atom. The van der Waals surface area contributed by atoms with Crippen LogP contribution in [0.3, 0.4) is 0 Å². The first-order valence-corrected chi connectivity index (χ1v) is 7.82. The third-order valence-electron chi connectivity index (χ3n) is 3.68. The zero-order valence-electron chi connectivity index (χ0n) is 13.6. The molecule has 7 nitrogen and oxygen atoms in total. The molecule has 1 atom stereocenters. The van der Waals surface area contributed by atoms with Crippen molar-refractivity contribution in [2.75, 3.05) is 0 Å².